The van der Waals surface area contributed by atoms with Crippen LogP contribution in [0.1, 0.15) is 0 Å². The molecule has 38 heavy (non-hydrogen) atoms. The standard InChI is InChI=1S/C34H26O4/c35-21-37-31-17-13-27-19-25(23-7-3-1-4-8-23)11-15-29(27)33(31)34-30-16-12-26(24-9-5-2-6-10-24)20-28(30)14-18-32(34)38-22-36/h1-20,35-36H,21-22H2. The molecule has 0 aliphatic rings. The van der Waals surface area contributed by atoms with Crippen LogP contribution in [0.3, 0.4) is 0 Å². The van der Waals surface area contributed by atoms with Crippen LogP contribution >= 0.6 is 0 Å². The van der Waals surface area contributed by atoms with Gasteiger partial charge in [0.05, 0.1) is 0 Å². The smallest absolute Gasteiger partial charge is 0.186 e. The molecule has 0 aliphatic carbocycles. The van der Waals surface area contributed by atoms with E-state index in [0.29, 0.717) is 11.5 Å². The average molecular weight is 499 g/mol. The van der Waals surface area contributed by atoms with Gasteiger partial charge in [-0.1, -0.05) is 97.1 Å². The summed E-state index contributed by atoms with van der Waals surface area (Å²) in [6.45, 7) is -0.917. The fraction of sp³-hybridized carbons (Fsp3) is 0.0588. The molecule has 0 heterocycles. The van der Waals surface area contributed by atoms with E-state index in [0.717, 1.165) is 54.9 Å². The van der Waals surface area contributed by atoms with Crippen molar-refractivity contribution in [3.63, 3.8) is 0 Å². The largest absolute Gasteiger partial charge is 0.467 e. The normalized spacial score (nSPS) is 11.1. The van der Waals surface area contributed by atoms with Crippen LogP contribution < -0.4 is 9.47 Å². The molecule has 4 nitrogen and oxygen atoms in total. The first-order chi connectivity index (χ1) is 18.8. The van der Waals surface area contributed by atoms with Crippen LogP contribution in [0.25, 0.3) is 54.9 Å². The van der Waals surface area contributed by atoms with Crippen LogP contribution in [0.2, 0.25) is 0 Å². The average Bonchev–Trinajstić information content (AvgIpc) is 2.98. The summed E-state index contributed by atoms with van der Waals surface area (Å²) in [5.74, 6) is 1.07. The van der Waals surface area contributed by atoms with Gasteiger partial charge >= 0.3 is 0 Å². The zero-order valence-corrected chi connectivity index (χ0v) is 20.7. The van der Waals surface area contributed by atoms with Crippen molar-refractivity contribution < 1.29 is 19.7 Å². The quantitative estimate of drug-likeness (QED) is 0.222. The van der Waals surface area contributed by atoms with Gasteiger partial charge in [0.25, 0.3) is 0 Å². The lowest BCUT2D eigenvalue weighted by Gasteiger charge is -2.19. The van der Waals surface area contributed by atoms with Gasteiger partial charge in [-0.15, -0.1) is 0 Å². The van der Waals surface area contributed by atoms with E-state index in [4.69, 9.17) is 9.47 Å². The van der Waals surface area contributed by atoms with Crippen LogP contribution in [0, 0.1) is 0 Å². The van der Waals surface area contributed by atoms with Crippen molar-refractivity contribution in [1.82, 2.24) is 0 Å². The molecular formula is C34H26O4. The van der Waals surface area contributed by atoms with Crippen molar-refractivity contribution in [2.24, 2.45) is 0 Å². The summed E-state index contributed by atoms with van der Waals surface area (Å²) in [5, 5.41) is 23.4. The lowest BCUT2D eigenvalue weighted by atomic mass is 9.90. The van der Waals surface area contributed by atoms with Gasteiger partial charge < -0.3 is 19.7 Å². The molecule has 6 aromatic carbocycles. The molecule has 6 rings (SSSR count). The van der Waals surface area contributed by atoms with Gasteiger partial charge in [0.1, 0.15) is 11.5 Å². The Morgan fingerprint density at radius 1 is 0.421 bits per heavy atom. The van der Waals surface area contributed by atoms with Crippen molar-refractivity contribution in [3.8, 4) is 44.9 Å². The Balaban J connectivity index is 1.62. The maximum absolute atomic E-state index is 9.71. The minimum absolute atomic E-state index is 0.459. The summed E-state index contributed by atoms with van der Waals surface area (Å²) in [6.07, 6.45) is 0. The SMILES string of the molecule is OCOc1ccc2cc(-c3ccccc3)ccc2c1-c1c(OCO)ccc2cc(-c3ccccc3)ccc12. The van der Waals surface area contributed by atoms with Gasteiger partial charge in [-0.05, 0) is 68.1 Å². The Morgan fingerprint density at radius 3 is 1.24 bits per heavy atom. The third-order valence-corrected chi connectivity index (χ3v) is 6.87. The van der Waals surface area contributed by atoms with Crippen molar-refractivity contribution in [2.45, 2.75) is 0 Å². The number of rotatable bonds is 7. The third-order valence-electron chi connectivity index (χ3n) is 6.87. The fourth-order valence-electron chi connectivity index (χ4n) is 5.14. The molecule has 0 amide bonds. The molecule has 2 N–H and O–H groups in total. The molecule has 4 heteroatoms. The summed E-state index contributed by atoms with van der Waals surface area (Å²) in [7, 11) is 0. The highest BCUT2D eigenvalue weighted by molar-refractivity contribution is 6.11. The lowest BCUT2D eigenvalue weighted by molar-refractivity contribution is 0.0971. The molecule has 0 aromatic heterocycles. The van der Waals surface area contributed by atoms with Gasteiger partial charge in [-0.3, -0.25) is 0 Å². The molecule has 186 valence electrons. The van der Waals surface area contributed by atoms with E-state index >= 15 is 0 Å². The second-order valence-corrected chi connectivity index (χ2v) is 9.03. The van der Waals surface area contributed by atoms with Crippen LogP contribution in [-0.4, -0.2) is 23.8 Å². The number of fused-ring (bicyclic) bond motifs is 2. The third kappa shape index (κ3) is 4.37. The first-order valence-corrected chi connectivity index (χ1v) is 12.5. The number of hydrogen-bond acceptors (Lipinski definition) is 4. The Kier molecular flexibility index (Phi) is 6.49. The predicted molar refractivity (Wildman–Crippen MR) is 153 cm³/mol. The van der Waals surface area contributed by atoms with E-state index in [1.807, 2.05) is 60.7 Å². The molecule has 0 unspecified atom stereocenters. The van der Waals surface area contributed by atoms with E-state index in [2.05, 4.69) is 60.7 Å². The molecule has 0 atom stereocenters. The highest BCUT2D eigenvalue weighted by Gasteiger charge is 2.20. The molecular weight excluding hydrogens is 472 g/mol. The summed E-state index contributed by atoms with van der Waals surface area (Å²) >= 11 is 0. The number of ether oxygens (including phenoxy) is 2. The zero-order chi connectivity index (χ0) is 25.9. The molecule has 0 radical (unpaired) electrons. The highest BCUT2D eigenvalue weighted by Crippen LogP contribution is 2.46. The van der Waals surface area contributed by atoms with E-state index in [9.17, 15) is 10.2 Å². The second kappa shape index (κ2) is 10.4. The van der Waals surface area contributed by atoms with Crippen molar-refractivity contribution in [3.05, 3.63) is 121 Å². The van der Waals surface area contributed by atoms with Gasteiger partial charge in [-0.2, -0.15) is 0 Å². The van der Waals surface area contributed by atoms with Gasteiger partial charge in [0.15, 0.2) is 13.6 Å². The summed E-state index contributed by atoms with van der Waals surface area (Å²) in [6, 6.07) is 40.9. The van der Waals surface area contributed by atoms with Crippen molar-refractivity contribution in [2.75, 3.05) is 13.6 Å². The van der Waals surface area contributed by atoms with Crippen LogP contribution in [-0.2, 0) is 0 Å². The molecule has 0 bridgehead atoms. The molecule has 0 spiro atoms. The number of aliphatic hydroxyl groups excluding tert-OH is 2. The second-order valence-electron chi connectivity index (χ2n) is 9.03. The number of benzene rings is 6. The maximum atomic E-state index is 9.71. The molecule has 0 aliphatic heterocycles. The number of aliphatic hydroxyl groups is 2. The first kappa shape index (κ1) is 23.7. The molecule has 6 aromatic rings. The van der Waals surface area contributed by atoms with Crippen molar-refractivity contribution in [1.29, 1.82) is 0 Å². The molecule has 0 saturated heterocycles. The lowest BCUT2D eigenvalue weighted by Crippen LogP contribution is -2.01. The van der Waals surface area contributed by atoms with Crippen LogP contribution in [0.15, 0.2) is 121 Å². The molecule has 0 saturated carbocycles. The van der Waals surface area contributed by atoms with E-state index in [1.165, 1.54) is 0 Å². The van der Waals surface area contributed by atoms with Gasteiger partial charge in [-0.25, -0.2) is 0 Å². The van der Waals surface area contributed by atoms with E-state index < -0.39 is 13.6 Å². The molecule has 0 fully saturated rings. The summed E-state index contributed by atoms with van der Waals surface area (Å²) in [5.41, 5.74) is 6.09. The van der Waals surface area contributed by atoms with Crippen LogP contribution in [0.5, 0.6) is 11.5 Å². The number of hydrogen-bond donors (Lipinski definition) is 2. The van der Waals surface area contributed by atoms with Gasteiger partial charge in [0, 0.05) is 11.1 Å². The maximum Gasteiger partial charge on any atom is 0.186 e. The Morgan fingerprint density at radius 2 is 0.842 bits per heavy atom. The van der Waals surface area contributed by atoms with E-state index in [1.54, 1.807) is 0 Å². The zero-order valence-electron chi connectivity index (χ0n) is 20.7. The van der Waals surface area contributed by atoms with Crippen LogP contribution in [0.4, 0.5) is 0 Å². The minimum atomic E-state index is -0.459. The summed E-state index contributed by atoms with van der Waals surface area (Å²) < 4.78 is 11.5. The highest BCUT2D eigenvalue weighted by atomic mass is 16.6. The first-order valence-electron chi connectivity index (χ1n) is 12.5. The van der Waals surface area contributed by atoms with E-state index in [-0.39, 0.29) is 0 Å². The Bertz CT molecular complexity index is 1600. The fourth-order valence-corrected chi connectivity index (χ4v) is 5.14. The summed E-state index contributed by atoms with van der Waals surface area (Å²) in [4.78, 5) is 0. The Hall–Kier alpha value is -4.64. The predicted octanol–water partition coefficient (Wildman–Crippen LogP) is 7.65. The monoisotopic (exact) mass is 498 g/mol. The van der Waals surface area contributed by atoms with Crippen molar-refractivity contribution >= 4 is 21.5 Å². The van der Waals surface area contributed by atoms with Gasteiger partial charge in [0.2, 0.25) is 0 Å². The topological polar surface area (TPSA) is 58.9 Å². The Labute approximate surface area is 221 Å². The minimum Gasteiger partial charge on any atom is -0.467 e.